The second kappa shape index (κ2) is 7.51. The average molecular weight is 390 g/mol. The summed E-state index contributed by atoms with van der Waals surface area (Å²) < 4.78 is 38.4. The van der Waals surface area contributed by atoms with Gasteiger partial charge >= 0.3 is 0 Å². The van der Waals surface area contributed by atoms with Gasteiger partial charge in [-0.25, -0.2) is 12.8 Å². The molecule has 2 aromatic rings. The van der Waals surface area contributed by atoms with Crippen molar-refractivity contribution in [3.05, 3.63) is 63.9 Å². The lowest BCUT2D eigenvalue weighted by Gasteiger charge is -2.14. The van der Waals surface area contributed by atoms with Crippen LogP contribution in [0.15, 0.2) is 42.5 Å². The van der Waals surface area contributed by atoms with Crippen LogP contribution in [0.25, 0.3) is 0 Å². The van der Waals surface area contributed by atoms with E-state index in [2.05, 4.69) is 5.32 Å². The van der Waals surface area contributed by atoms with Crippen LogP contribution in [-0.4, -0.2) is 19.6 Å². The van der Waals surface area contributed by atoms with Crippen molar-refractivity contribution >= 4 is 44.6 Å². The molecular formula is C16H14Cl2FNO3S. The van der Waals surface area contributed by atoms with Gasteiger partial charge in [-0.05, 0) is 36.8 Å². The number of amides is 1. The van der Waals surface area contributed by atoms with Crippen molar-refractivity contribution < 1.29 is 17.6 Å². The van der Waals surface area contributed by atoms with E-state index in [9.17, 15) is 17.6 Å². The monoisotopic (exact) mass is 389 g/mol. The van der Waals surface area contributed by atoms with E-state index < -0.39 is 32.6 Å². The smallest absolute Gasteiger partial charge is 0.242 e. The van der Waals surface area contributed by atoms with Crippen LogP contribution >= 0.6 is 23.2 Å². The summed E-state index contributed by atoms with van der Waals surface area (Å²) in [5, 5.41) is 1.49. The predicted molar refractivity (Wildman–Crippen MR) is 93.6 cm³/mol. The molecule has 4 nitrogen and oxygen atoms in total. The van der Waals surface area contributed by atoms with Crippen LogP contribution in [0.5, 0.6) is 0 Å². The minimum atomic E-state index is -3.84. The first-order chi connectivity index (χ1) is 11.2. The lowest BCUT2D eigenvalue weighted by molar-refractivity contribution is -0.115. The fourth-order valence-corrected chi connectivity index (χ4v) is 3.82. The van der Waals surface area contributed by atoms with Crippen LogP contribution in [0.4, 0.5) is 10.1 Å². The summed E-state index contributed by atoms with van der Waals surface area (Å²) in [6.45, 7) is 1.25. The summed E-state index contributed by atoms with van der Waals surface area (Å²) in [6.07, 6.45) is 0. The van der Waals surface area contributed by atoms with Gasteiger partial charge in [0.25, 0.3) is 0 Å². The Morgan fingerprint density at radius 2 is 1.88 bits per heavy atom. The highest BCUT2D eigenvalue weighted by Gasteiger charge is 2.29. The Morgan fingerprint density at radius 3 is 2.50 bits per heavy atom. The van der Waals surface area contributed by atoms with Gasteiger partial charge in [0, 0.05) is 10.0 Å². The van der Waals surface area contributed by atoms with E-state index in [4.69, 9.17) is 23.2 Å². The maximum Gasteiger partial charge on any atom is 0.242 e. The molecular weight excluding hydrogens is 376 g/mol. The number of anilines is 1. The van der Waals surface area contributed by atoms with Crippen LogP contribution < -0.4 is 5.32 Å². The SMILES string of the molecule is C[C@@H](C(=O)Nc1ccccc1F)S(=O)(=O)Cc1ccc(Cl)cc1Cl. The van der Waals surface area contributed by atoms with Gasteiger partial charge in [0.1, 0.15) is 11.1 Å². The molecule has 0 aliphatic rings. The molecule has 1 amide bonds. The lowest BCUT2D eigenvalue weighted by Crippen LogP contribution is -2.33. The van der Waals surface area contributed by atoms with Crippen molar-refractivity contribution in [3.63, 3.8) is 0 Å². The molecule has 2 aromatic carbocycles. The van der Waals surface area contributed by atoms with Crippen LogP contribution in [0.1, 0.15) is 12.5 Å². The van der Waals surface area contributed by atoms with Crippen LogP contribution in [0.3, 0.4) is 0 Å². The maximum absolute atomic E-state index is 13.6. The number of hydrogen-bond donors (Lipinski definition) is 1. The minimum absolute atomic E-state index is 0.0749. The van der Waals surface area contributed by atoms with E-state index in [1.807, 2.05) is 0 Å². The standard InChI is InChI=1S/C16H14Cl2FNO3S/c1-10(16(21)20-15-5-3-2-4-14(15)19)24(22,23)9-11-6-7-12(17)8-13(11)18/h2-8,10H,9H2,1H3,(H,20,21)/t10-/m0/s1. The Kier molecular flexibility index (Phi) is 5.85. The van der Waals surface area contributed by atoms with E-state index in [1.165, 1.54) is 49.4 Å². The molecule has 2 rings (SSSR count). The van der Waals surface area contributed by atoms with Crippen molar-refractivity contribution in [3.8, 4) is 0 Å². The number of sulfone groups is 1. The highest BCUT2D eigenvalue weighted by molar-refractivity contribution is 7.92. The number of benzene rings is 2. The zero-order chi connectivity index (χ0) is 17.9. The second-order valence-corrected chi connectivity index (χ2v) is 8.32. The highest BCUT2D eigenvalue weighted by Crippen LogP contribution is 2.24. The molecule has 0 aliphatic carbocycles. The number of carbonyl (C=O) groups is 1. The molecule has 0 saturated carbocycles. The van der Waals surface area contributed by atoms with Gasteiger partial charge in [0.05, 0.1) is 11.4 Å². The fraction of sp³-hybridized carbons (Fsp3) is 0.188. The number of halogens is 3. The Labute approximate surface area is 149 Å². The van der Waals surface area contributed by atoms with Crippen molar-refractivity contribution in [1.82, 2.24) is 0 Å². The Bertz CT molecular complexity index is 871. The van der Waals surface area contributed by atoms with Gasteiger partial charge in [-0.3, -0.25) is 4.79 Å². The molecule has 0 spiro atoms. The molecule has 0 heterocycles. The number of hydrogen-bond acceptors (Lipinski definition) is 3. The van der Waals surface area contributed by atoms with Crippen molar-refractivity contribution in [2.24, 2.45) is 0 Å². The van der Waals surface area contributed by atoms with E-state index in [1.54, 1.807) is 0 Å². The van der Waals surface area contributed by atoms with Gasteiger partial charge in [0.15, 0.2) is 9.84 Å². The normalized spacial score (nSPS) is 12.7. The van der Waals surface area contributed by atoms with E-state index in [-0.39, 0.29) is 10.7 Å². The molecule has 1 atom stereocenters. The number of para-hydroxylation sites is 1. The molecule has 0 aromatic heterocycles. The first kappa shape index (κ1) is 18.7. The molecule has 0 saturated heterocycles. The molecule has 0 fully saturated rings. The number of rotatable bonds is 5. The number of nitrogens with one attached hydrogen (secondary N) is 1. The van der Waals surface area contributed by atoms with Gasteiger partial charge in [-0.1, -0.05) is 41.4 Å². The summed E-state index contributed by atoms with van der Waals surface area (Å²) in [6, 6.07) is 9.95. The van der Waals surface area contributed by atoms with Crippen molar-refractivity contribution in [1.29, 1.82) is 0 Å². The highest BCUT2D eigenvalue weighted by atomic mass is 35.5. The largest absolute Gasteiger partial charge is 0.322 e. The van der Waals surface area contributed by atoms with Crippen molar-refractivity contribution in [2.45, 2.75) is 17.9 Å². The number of carbonyl (C=O) groups excluding carboxylic acids is 1. The molecule has 1 N–H and O–H groups in total. The molecule has 0 bridgehead atoms. The molecule has 24 heavy (non-hydrogen) atoms. The van der Waals surface area contributed by atoms with Crippen molar-refractivity contribution in [2.75, 3.05) is 5.32 Å². The lowest BCUT2D eigenvalue weighted by atomic mass is 10.2. The Hall–Kier alpha value is -1.63. The third kappa shape index (κ3) is 4.47. The summed E-state index contributed by atoms with van der Waals surface area (Å²) in [5.74, 6) is -1.88. The molecule has 128 valence electrons. The van der Waals surface area contributed by atoms with Crippen LogP contribution in [0, 0.1) is 5.82 Å². The molecule has 0 radical (unpaired) electrons. The van der Waals surface area contributed by atoms with Gasteiger partial charge in [-0.15, -0.1) is 0 Å². The fourth-order valence-electron chi connectivity index (χ4n) is 1.94. The van der Waals surface area contributed by atoms with Crippen LogP contribution in [-0.2, 0) is 20.4 Å². The van der Waals surface area contributed by atoms with E-state index in [0.29, 0.717) is 10.6 Å². The van der Waals surface area contributed by atoms with E-state index >= 15 is 0 Å². The summed E-state index contributed by atoms with van der Waals surface area (Å²) in [5.41, 5.74) is 0.265. The second-order valence-electron chi connectivity index (χ2n) is 5.15. The van der Waals surface area contributed by atoms with E-state index in [0.717, 1.165) is 0 Å². The summed E-state index contributed by atoms with van der Waals surface area (Å²) >= 11 is 11.7. The molecule has 0 unspecified atom stereocenters. The third-order valence-electron chi connectivity index (χ3n) is 3.41. The Balaban J connectivity index is 2.16. The molecule has 0 aliphatic heterocycles. The van der Waals surface area contributed by atoms with Gasteiger partial charge < -0.3 is 5.32 Å². The summed E-state index contributed by atoms with van der Waals surface area (Å²) in [7, 11) is -3.84. The van der Waals surface area contributed by atoms with Gasteiger partial charge in [0.2, 0.25) is 5.91 Å². The zero-order valence-corrected chi connectivity index (χ0v) is 14.9. The summed E-state index contributed by atoms with van der Waals surface area (Å²) in [4.78, 5) is 12.1. The van der Waals surface area contributed by atoms with Crippen LogP contribution in [0.2, 0.25) is 10.0 Å². The predicted octanol–water partition coefficient (Wildman–Crippen LogP) is 4.07. The Morgan fingerprint density at radius 1 is 1.21 bits per heavy atom. The quantitative estimate of drug-likeness (QED) is 0.837. The average Bonchev–Trinajstić information content (AvgIpc) is 2.51. The van der Waals surface area contributed by atoms with Gasteiger partial charge in [-0.2, -0.15) is 0 Å². The third-order valence-corrected chi connectivity index (χ3v) is 6.00. The zero-order valence-electron chi connectivity index (χ0n) is 12.6. The maximum atomic E-state index is 13.6. The minimum Gasteiger partial charge on any atom is -0.322 e. The first-order valence-corrected chi connectivity index (χ1v) is 9.39. The first-order valence-electron chi connectivity index (χ1n) is 6.91. The molecule has 8 heteroatoms. The topological polar surface area (TPSA) is 63.2 Å².